The molecule has 5 unspecified atom stereocenters. The molecule has 0 aliphatic rings. The summed E-state index contributed by atoms with van der Waals surface area (Å²) in [7, 11) is -9.97. The van der Waals surface area contributed by atoms with Crippen LogP contribution in [0.5, 0.6) is 0 Å². The van der Waals surface area contributed by atoms with E-state index in [0.29, 0.717) is 25.7 Å². The molecule has 0 amide bonds. The lowest BCUT2D eigenvalue weighted by atomic mass is 10.1. The fraction of sp³-hybridized carbons (Fsp3) is 0.718. The maximum absolute atomic E-state index is 13.1. The number of phosphoric ester groups is 2. The van der Waals surface area contributed by atoms with Crippen LogP contribution in [0.4, 0.5) is 0 Å². The number of hydrogen-bond acceptors (Lipinski definition) is 15. The largest absolute Gasteiger partial charge is 0.472 e. The van der Waals surface area contributed by atoms with Gasteiger partial charge in [0.2, 0.25) is 0 Å². The second-order valence-corrected chi connectivity index (χ2v) is 29.8. The molecule has 0 aromatic heterocycles. The van der Waals surface area contributed by atoms with E-state index in [9.17, 15) is 43.2 Å². The minimum absolute atomic E-state index is 0.0752. The fourth-order valence-corrected chi connectivity index (χ4v) is 12.3. The van der Waals surface area contributed by atoms with Crippen molar-refractivity contribution in [1.82, 2.24) is 0 Å². The number of rotatable bonds is 76. The number of allylic oxidation sites excluding steroid dienone is 20. The van der Waals surface area contributed by atoms with Crippen molar-refractivity contribution in [2.45, 2.75) is 354 Å². The van der Waals surface area contributed by atoms with E-state index in [1.54, 1.807) is 0 Å². The average molecular weight is 1500 g/mol. The third kappa shape index (κ3) is 75.7. The van der Waals surface area contributed by atoms with E-state index in [1.807, 2.05) is 0 Å². The molecule has 17 nitrogen and oxygen atoms in total. The number of ether oxygens (including phenoxy) is 4. The van der Waals surface area contributed by atoms with Crippen LogP contribution >= 0.6 is 15.6 Å². The van der Waals surface area contributed by atoms with Crippen LogP contribution < -0.4 is 0 Å². The smallest absolute Gasteiger partial charge is 0.462 e. The van der Waals surface area contributed by atoms with Crippen LogP contribution in [-0.4, -0.2) is 96.7 Å². The molecule has 0 spiro atoms. The lowest BCUT2D eigenvalue weighted by molar-refractivity contribution is -0.161. The van der Waals surface area contributed by atoms with Gasteiger partial charge in [-0.3, -0.25) is 37.3 Å². The molecule has 0 radical (unpaired) electrons. The van der Waals surface area contributed by atoms with E-state index in [4.69, 9.17) is 37.0 Å². The third-order valence-electron chi connectivity index (χ3n) is 16.9. The highest BCUT2D eigenvalue weighted by atomic mass is 31.2. The number of aliphatic hydroxyl groups is 1. The van der Waals surface area contributed by atoms with Crippen molar-refractivity contribution in [2.75, 3.05) is 39.6 Å². The minimum Gasteiger partial charge on any atom is -0.462 e. The van der Waals surface area contributed by atoms with Crippen molar-refractivity contribution in [3.05, 3.63) is 122 Å². The molecular weight excluding hydrogens is 1350 g/mol. The summed E-state index contributed by atoms with van der Waals surface area (Å²) >= 11 is 0. The maximum atomic E-state index is 13.1. The zero-order chi connectivity index (χ0) is 76.0. The molecular formula is C85H146O17P2. The van der Waals surface area contributed by atoms with Crippen LogP contribution in [0.15, 0.2) is 122 Å². The van der Waals surface area contributed by atoms with E-state index in [-0.39, 0.29) is 25.7 Å². The first-order valence-corrected chi connectivity index (χ1v) is 43.8. The van der Waals surface area contributed by atoms with Crippen LogP contribution in [0.1, 0.15) is 336 Å². The molecule has 0 saturated heterocycles. The van der Waals surface area contributed by atoms with Gasteiger partial charge in [0, 0.05) is 25.7 Å². The van der Waals surface area contributed by atoms with Crippen molar-refractivity contribution in [3.8, 4) is 0 Å². The summed E-state index contributed by atoms with van der Waals surface area (Å²) in [6.45, 7) is 4.59. The molecule has 0 heterocycles. The van der Waals surface area contributed by atoms with Crippen molar-refractivity contribution >= 4 is 39.5 Å². The summed E-state index contributed by atoms with van der Waals surface area (Å²) in [4.78, 5) is 73.1. The van der Waals surface area contributed by atoms with Gasteiger partial charge in [0.05, 0.1) is 26.4 Å². The van der Waals surface area contributed by atoms with E-state index in [2.05, 4.69) is 149 Å². The highest BCUT2D eigenvalue weighted by molar-refractivity contribution is 7.47. The molecule has 104 heavy (non-hydrogen) atoms. The van der Waals surface area contributed by atoms with Crippen molar-refractivity contribution < 1.29 is 80.2 Å². The van der Waals surface area contributed by atoms with E-state index in [0.717, 1.165) is 212 Å². The summed E-state index contributed by atoms with van der Waals surface area (Å²) in [5.74, 6) is -2.22. The number of hydrogen-bond donors (Lipinski definition) is 3. The Hall–Kier alpha value is -4.54. The summed E-state index contributed by atoms with van der Waals surface area (Å²) in [5.41, 5.74) is 0. The minimum atomic E-state index is -4.99. The molecule has 598 valence electrons. The summed E-state index contributed by atoms with van der Waals surface area (Å²) < 4.78 is 68.6. The molecule has 0 saturated carbocycles. The standard InChI is InChI=1S/C85H146O17P2/c1-5-9-13-17-21-25-29-33-36-38-39-41-44-47-50-54-58-62-66-70-83(88)95-75-80(101-84(89)71-67-63-59-55-51-45-32-28-24-20-16-12-8-4)77-99-103(91,92)97-73-79(86)74-98-104(93,94)100-78-81(102-85(90)72-68-64-60-56-52-48-42-35-31-27-23-19-15-11-7-3)76-96-82(87)69-65-61-57-53-49-46-43-40-37-34-30-26-22-18-14-10-6-2/h9-10,13-14,21-23,25-28,32-37,39,41-42,79-81,86H,5-8,11-12,15-20,24,29-31,38,40,43-78H2,1-4H3,(H,91,92)(H,93,94)/b13-9-,14-10-,25-21-,26-22-,27-23-,32-28-,36-33-,37-34-,41-39-,42-35-. The fourth-order valence-electron chi connectivity index (χ4n) is 10.7. The Bertz CT molecular complexity index is 2440. The molecule has 19 heteroatoms. The third-order valence-corrected chi connectivity index (χ3v) is 18.8. The number of carbonyl (C=O) groups is 4. The first-order valence-electron chi connectivity index (χ1n) is 40.8. The molecule has 0 bridgehead atoms. The molecule has 0 fully saturated rings. The lowest BCUT2D eigenvalue weighted by Crippen LogP contribution is -2.30. The highest BCUT2D eigenvalue weighted by Crippen LogP contribution is 2.45. The van der Waals surface area contributed by atoms with Gasteiger partial charge >= 0.3 is 39.5 Å². The lowest BCUT2D eigenvalue weighted by Gasteiger charge is -2.21. The van der Waals surface area contributed by atoms with Gasteiger partial charge in [-0.25, -0.2) is 9.13 Å². The van der Waals surface area contributed by atoms with Gasteiger partial charge in [-0.15, -0.1) is 0 Å². The van der Waals surface area contributed by atoms with Gasteiger partial charge in [0.25, 0.3) is 0 Å². The first kappa shape index (κ1) is 99.5. The first-order chi connectivity index (χ1) is 50.7. The highest BCUT2D eigenvalue weighted by Gasteiger charge is 2.30. The maximum Gasteiger partial charge on any atom is 0.472 e. The van der Waals surface area contributed by atoms with Gasteiger partial charge in [-0.05, 0) is 154 Å². The quantitative estimate of drug-likeness (QED) is 0.0169. The number of phosphoric acid groups is 2. The Labute approximate surface area is 632 Å². The number of esters is 4. The zero-order valence-corrected chi connectivity index (χ0v) is 67.2. The molecule has 0 aliphatic heterocycles. The van der Waals surface area contributed by atoms with Gasteiger partial charge in [0.1, 0.15) is 19.3 Å². The molecule has 5 atom stereocenters. The summed E-state index contributed by atoms with van der Waals surface area (Å²) in [5, 5.41) is 10.6. The molecule has 3 N–H and O–H groups in total. The Kier molecular flexibility index (Phi) is 73.3. The monoisotopic (exact) mass is 1500 g/mol. The Morgan fingerprint density at radius 1 is 0.279 bits per heavy atom. The average Bonchev–Trinajstić information content (AvgIpc) is 0.939. The van der Waals surface area contributed by atoms with Crippen molar-refractivity contribution in [1.29, 1.82) is 0 Å². The molecule has 0 aromatic rings. The van der Waals surface area contributed by atoms with Crippen molar-refractivity contribution in [2.24, 2.45) is 0 Å². The predicted octanol–water partition coefficient (Wildman–Crippen LogP) is 23.9. The van der Waals surface area contributed by atoms with Gasteiger partial charge in [-0.2, -0.15) is 0 Å². The van der Waals surface area contributed by atoms with Gasteiger partial charge in [0.15, 0.2) is 12.2 Å². The molecule has 0 aromatic carbocycles. The zero-order valence-electron chi connectivity index (χ0n) is 65.4. The normalized spacial score (nSPS) is 14.5. The second-order valence-electron chi connectivity index (χ2n) is 26.9. The van der Waals surface area contributed by atoms with Crippen molar-refractivity contribution in [3.63, 3.8) is 0 Å². The summed E-state index contributed by atoms with van der Waals surface area (Å²) in [6.07, 6.45) is 84.5. The van der Waals surface area contributed by atoms with Crippen LogP contribution in [0.3, 0.4) is 0 Å². The van der Waals surface area contributed by atoms with E-state index < -0.39 is 97.5 Å². The Balaban J connectivity index is 5.37. The van der Waals surface area contributed by atoms with Crippen LogP contribution in [0, 0.1) is 0 Å². The Morgan fingerprint density at radius 2 is 0.500 bits per heavy atom. The number of carbonyl (C=O) groups excluding carboxylic acids is 4. The summed E-state index contributed by atoms with van der Waals surface area (Å²) in [6, 6.07) is 0. The van der Waals surface area contributed by atoms with Crippen LogP contribution in [-0.2, 0) is 65.4 Å². The topological polar surface area (TPSA) is 237 Å². The molecule has 0 rings (SSSR count). The second kappa shape index (κ2) is 76.6. The molecule has 0 aliphatic carbocycles. The van der Waals surface area contributed by atoms with Gasteiger partial charge in [-0.1, -0.05) is 278 Å². The number of unbranched alkanes of at least 4 members (excludes halogenated alkanes) is 30. The van der Waals surface area contributed by atoms with E-state index in [1.165, 1.54) is 44.9 Å². The SMILES string of the molecule is CC/C=C\C/C=C\C/C=C\C/C=C\CCCCCCCCC(=O)OCC(COP(=O)(O)OCC(O)COP(=O)(O)OCC(COC(=O)CCCCCCCCC/C=C\C/C=C\C/C=C\CC)OC(=O)CCCCCCC/C=C\C/C=C\CCCCC)OC(=O)CCCCCCC/C=C\CCCCCC. The predicted molar refractivity (Wildman–Crippen MR) is 427 cm³/mol. The van der Waals surface area contributed by atoms with Crippen LogP contribution in [0.25, 0.3) is 0 Å². The number of aliphatic hydroxyl groups excluding tert-OH is 1. The van der Waals surface area contributed by atoms with Crippen LogP contribution in [0.2, 0.25) is 0 Å². The Morgan fingerprint density at radius 3 is 0.798 bits per heavy atom. The van der Waals surface area contributed by atoms with E-state index >= 15 is 0 Å². The van der Waals surface area contributed by atoms with Gasteiger partial charge < -0.3 is 33.8 Å².